The molecule has 6 nitrogen and oxygen atoms in total. The molecule has 23 heavy (non-hydrogen) atoms. The molecule has 1 aliphatic heterocycles. The quantitative estimate of drug-likeness (QED) is 0.841. The Morgan fingerprint density at radius 2 is 2.09 bits per heavy atom. The Morgan fingerprint density at radius 1 is 1.30 bits per heavy atom. The van der Waals surface area contributed by atoms with E-state index in [2.05, 4.69) is 20.2 Å². The average molecular weight is 317 g/mol. The molecule has 1 fully saturated rings. The van der Waals surface area contributed by atoms with Crippen molar-refractivity contribution in [2.75, 3.05) is 30.8 Å². The number of nitrogens with zero attached hydrogens (tertiary/aromatic N) is 3. The zero-order valence-electron chi connectivity index (χ0n) is 13.2. The predicted molar refractivity (Wildman–Crippen MR) is 97.0 cm³/mol. The van der Waals surface area contributed by atoms with Crippen LogP contribution in [0.1, 0.15) is 33.2 Å². The predicted octanol–water partition coefficient (Wildman–Crippen LogP) is 2.22. The highest BCUT2D eigenvalue weighted by atomic mass is 16.1. The van der Waals surface area contributed by atoms with Crippen LogP contribution in [-0.2, 0) is 0 Å². The summed E-state index contributed by atoms with van der Waals surface area (Å²) in [6.45, 7) is 1.87. The van der Waals surface area contributed by atoms with E-state index in [1.165, 1.54) is 0 Å². The third-order valence-corrected chi connectivity index (χ3v) is 4.28. The number of nitrogens with one attached hydrogen (secondary N) is 1. The Bertz CT molecular complexity index is 708. The third-order valence-electron chi connectivity index (χ3n) is 4.28. The van der Waals surface area contributed by atoms with Crippen molar-refractivity contribution >= 4 is 17.4 Å². The van der Waals surface area contributed by atoms with Crippen molar-refractivity contribution in [3.8, 4) is 0 Å². The standard InChI is InChI=1S/C17H21N5O.3H2/c1-19-12-7-10-22(11-8-12)15-6-2-5-14(21-15)16(23)13-4-3-9-20-17(13)18;;;/h2-6,9,12,19H,7-8,10-11H2,1H3,(H2,18,20);3*1H. The highest BCUT2D eigenvalue weighted by molar-refractivity contribution is 6.10. The van der Waals surface area contributed by atoms with Gasteiger partial charge in [0, 0.05) is 29.6 Å². The van der Waals surface area contributed by atoms with E-state index < -0.39 is 0 Å². The second-order valence-corrected chi connectivity index (χ2v) is 5.70. The van der Waals surface area contributed by atoms with Gasteiger partial charge in [-0.2, -0.15) is 0 Å². The number of hydrogen-bond donors (Lipinski definition) is 2. The van der Waals surface area contributed by atoms with Gasteiger partial charge in [0.25, 0.3) is 0 Å². The van der Waals surface area contributed by atoms with E-state index >= 15 is 0 Å². The summed E-state index contributed by atoms with van der Waals surface area (Å²) in [5.74, 6) is 0.884. The smallest absolute Gasteiger partial charge is 0.215 e. The molecule has 0 spiro atoms. The topological polar surface area (TPSA) is 84.1 Å². The molecule has 0 unspecified atom stereocenters. The minimum atomic E-state index is -0.192. The highest BCUT2D eigenvalue weighted by Crippen LogP contribution is 2.20. The molecule has 1 saturated heterocycles. The average Bonchev–Trinajstić information content (AvgIpc) is 2.62. The number of aromatic nitrogens is 2. The van der Waals surface area contributed by atoms with E-state index in [4.69, 9.17) is 5.73 Å². The Balaban J connectivity index is 0.00000208. The number of piperidine rings is 1. The Labute approximate surface area is 140 Å². The number of carbonyl (C=O) groups excluding carboxylic acids is 1. The molecule has 2 aromatic rings. The molecule has 0 bridgehead atoms. The first-order valence-corrected chi connectivity index (χ1v) is 7.83. The van der Waals surface area contributed by atoms with Gasteiger partial charge < -0.3 is 16.0 Å². The van der Waals surface area contributed by atoms with Gasteiger partial charge in [0.05, 0.1) is 5.56 Å². The summed E-state index contributed by atoms with van der Waals surface area (Å²) < 4.78 is 0. The normalized spacial score (nSPS) is 15.6. The minimum absolute atomic E-state index is 0. The number of ketones is 1. The lowest BCUT2D eigenvalue weighted by Crippen LogP contribution is -2.41. The van der Waals surface area contributed by atoms with E-state index in [1.54, 1.807) is 24.4 Å². The van der Waals surface area contributed by atoms with Crippen molar-refractivity contribution in [2.24, 2.45) is 0 Å². The number of carbonyl (C=O) groups is 1. The van der Waals surface area contributed by atoms with Crippen LogP contribution in [0.25, 0.3) is 0 Å². The highest BCUT2D eigenvalue weighted by Gasteiger charge is 2.20. The van der Waals surface area contributed by atoms with Crippen LogP contribution < -0.4 is 16.0 Å². The molecule has 6 heteroatoms. The van der Waals surface area contributed by atoms with Crippen LogP contribution in [-0.4, -0.2) is 41.9 Å². The number of nitrogens with two attached hydrogens (primary N) is 1. The van der Waals surface area contributed by atoms with Crippen LogP contribution in [0.3, 0.4) is 0 Å². The summed E-state index contributed by atoms with van der Waals surface area (Å²) in [6.07, 6.45) is 3.72. The first kappa shape index (κ1) is 15.4. The maximum atomic E-state index is 12.6. The summed E-state index contributed by atoms with van der Waals surface area (Å²) in [5, 5.41) is 3.31. The van der Waals surface area contributed by atoms with E-state index in [0.29, 0.717) is 17.3 Å². The molecule has 126 valence electrons. The molecule has 0 saturated carbocycles. The molecule has 0 aromatic carbocycles. The largest absolute Gasteiger partial charge is 0.383 e. The molecule has 0 radical (unpaired) electrons. The maximum absolute atomic E-state index is 12.6. The van der Waals surface area contributed by atoms with Gasteiger partial charge in [-0.05, 0) is 44.2 Å². The van der Waals surface area contributed by atoms with E-state index in [0.717, 1.165) is 31.7 Å². The lowest BCUT2D eigenvalue weighted by atomic mass is 10.1. The Morgan fingerprint density at radius 3 is 2.78 bits per heavy atom. The maximum Gasteiger partial charge on any atom is 0.215 e. The van der Waals surface area contributed by atoms with Gasteiger partial charge in [-0.3, -0.25) is 4.79 Å². The van der Waals surface area contributed by atoms with Crippen molar-refractivity contribution in [3.05, 3.63) is 47.8 Å². The zero-order chi connectivity index (χ0) is 16.2. The molecule has 3 N–H and O–H groups in total. The molecule has 0 aliphatic carbocycles. The van der Waals surface area contributed by atoms with Gasteiger partial charge >= 0.3 is 0 Å². The van der Waals surface area contributed by atoms with Gasteiger partial charge in [0.2, 0.25) is 5.78 Å². The van der Waals surface area contributed by atoms with Crippen molar-refractivity contribution in [2.45, 2.75) is 18.9 Å². The molecular formula is C17H27N5O. The number of anilines is 2. The van der Waals surface area contributed by atoms with Crippen LogP contribution in [0.2, 0.25) is 0 Å². The first-order valence-electron chi connectivity index (χ1n) is 7.83. The first-order chi connectivity index (χ1) is 11.2. The second kappa shape index (κ2) is 6.75. The summed E-state index contributed by atoms with van der Waals surface area (Å²) in [6, 6.07) is 9.48. The fraction of sp³-hybridized carbons (Fsp3) is 0.353. The summed E-state index contributed by atoms with van der Waals surface area (Å²) in [5.41, 5.74) is 6.59. The summed E-state index contributed by atoms with van der Waals surface area (Å²) >= 11 is 0. The molecule has 0 amide bonds. The molecule has 3 rings (SSSR count). The minimum Gasteiger partial charge on any atom is -0.383 e. The van der Waals surface area contributed by atoms with Crippen LogP contribution in [0.4, 0.5) is 11.6 Å². The fourth-order valence-corrected chi connectivity index (χ4v) is 2.87. The number of rotatable bonds is 4. The lowest BCUT2D eigenvalue weighted by molar-refractivity contribution is 0.103. The lowest BCUT2D eigenvalue weighted by Gasteiger charge is -2.32. The SMILES string of the molecule is CNC1CCN(c2cccc(C(=O)c3cccnc3N)n2)CC1.[HH].[HH].[HH]. The van der Waals surface area contributed by atoms with Crippen LogP contribution >= 0.6 is 0 Å². The van der Waals surface area contributed by atoms with Gasteiger partial charge in [0.1, 0.15) is 17.3 Å². The Hall–Kier alpha value is -2.47. The van der Waals surface area contributed by atoms with Crippen molar-refractivity contribution in [3.63, 3.8) is 0 Å². The molecule has 2 aromatic heterocycles. The zero-order valence-corrected chi connectivity index (χ0v) is 13.2. The van der Waals surface area contributed by atoms with Gasteiger partial charge in [-0.1, -0.05) is 6.07 Å². The van der Waals surface area contributed by atoms with Crippen LogP contribution in [0, 0.1) is 0 Å². The van der Waals surface area contributed by atoms with Gasteiger partial charge in [-0.25, -0.2) is 9.97 Å². The van der Waals surface area contributed by atoms with E-state index in [9.17, 15) is 4.79 Å². The number of hydrogen-bond acceptors (Lipinski definition) is 6. The number of pyridine rings is 2. The third kappa shape index (κ3) is 3.32. The van der Waals surface area contributed by atoms with E-state index in [-0.39, 0.29) is 15.9 Å². The van der Waals surface area contributed by atoms with Crippen molar-refractivity contribution in [1.82, 2.24) is 15.3 Å². The molecule has 0 atom stereocenters. The van der Waals surface area contributed by atoms with Crippen molar-refractivity contribution in [1.29, 1.82) is 0 Å². The Kier molecular flexibility index (Phi) is 4.52. The van der Waals surface area contributed by atoms with Crippen molar-refractivity contribution < 1.29 is 9.07 Å². The fourth-order valence-electron chi connectivity index (χ4n) is 2.87. The van der Waals surface area contributed by atoms with Crippen LogP contribution in [0.5, 0.6) is 0 Å². The summed E-state index contributed by atoms with van der Waals surface area (Å²) in [7, 11) is 2.00. The molecule has 1 aliphatic rings. The molecule has 3 heterocycles. The van der Waals surface area contributed by atoms with Gasteiger partial charge in [-0.15, -0.1) is 0 Å². The molecular weight excluding hydrogens is 290 g/mol. The number of nitrogen functional groups attached to an aromatic ring is 1. The monoisotopic (exact) mass is 317 g/mol. The second-order valence-electron chi connectivity index (χ2n) is 5.70. The summed E-state index contributed by atoms with van der Waals surface area (Å²) in [4.78, 5) is 23.3. The van der Waals surface area contributed by atoms with Crippen LogP contribution in [0.15, 0.2) is 36.5 Å². The van der Waals surface area contributed by atoms with Gasteiger partial charge in [0.15, 0.2) is 0 Å². The van der Waals surface area contributed by atoms with E-state index in [1.807, 2.05) is 19.2 Å².